The van der Waals surface area contributed by atoms with Crippen molar-refractivity contribution in [3.8, 4) is 0 Å². The van der Waals surface area contributed by atoms with E-state index in [0.717, 1.165) is 0 Å². The van der Waals surface area contributed by atoms with Crippen LogP contribution in [0.2, 0.25) is 5.02 Å². The molecular formula is C9H5ClO3. The maximum atomic E-state index is 10.5. The summed E-state index contributed by atoms with van der Waals surface area (Å²) in [6, 6.07) is 2.68. The van der Waals surface area contributed by atoms with Crippen molar-refractivity contribution in [3.05, 3.63) is 33.8 Å². The van der Waals surface area contributed by atoms with E-state index in [-0.39, 0.29) is 21.7 Å². The Morgan fingerprint density at radius 3 is 1.69 bits per heavy atom. The lowest BCUT2D eigenvalue weighted by Crippen LogP contribution is -1.97. The Labute approximate surface area is 79.3 Å². The van der Waals surface area contributed by atoms with Crippen molar-refractivity contribution in [3.63, 3.8) is 0 Å². The summed E-state index contributed by atoms with van der Waals surface area (Å²) in [5.74, 6) is 0. The predicted molar refractivity (Wildman–Crippen MR) is 47.6 cm³/mol. The molecule has 66 valence electrons. The molecule has 0 radical (unpaired) electrons. The van der Waals surface area contributed by atoms with Gasteiger partial charge in [-0.15, -0.1) is 0 Å². The fourth-order valence-electron chi connectivity index (χ4n) is 0.992. The van der Waals surface area contributed by atoms with Crippen molar-refractivity contribution in [2.24, 2.45) is 0 Å². The van der Waals surface area contributed by atoms with Gasteiger partial charge in [-0.2, -0.15) is 0 Å². The Bertz CT molecular complexity index is 342. The molecule has 0 bridgehead atoms. The van der Waals surface area contributed by atoms with E-state index in [1.807, 2.05) is 0 Å². The summed E-state index contributed by atoms with van der Waals surface area (Å²) < 4.78 is 0. The molecule has 4 heteroatoms. The van der Waals surface area contributed by atoms with Crippen LogP contribution in [0.15, 0.2) is 12.1 Å². The average molecular weight is 197 g/mol. The van der Waals surface area contributed by atoms with Crippen molar-refractivity contribution >= 4 is 30.5 Å². The summed E-state index contributed by atoms with van der Waals surface area (Å²) >= 11 is 5.60. The lowest BCUT2D eigenvalue weighted by atomic mass is 10.0. The zero-order chi connectivity index (χ0) is 9.84. The number of halogens is 1. The monoisotopic (exact) mass is 196 g/mol. The Morgan fingerprint density at radius 1 is 0.923 bits per heavy atom. The highest BCUT2D eigenvalue weighted by atomic mass is 35.5. The molecule has 0 aliphatic heterocycles. The van der Waals surface area contributed by atoms with Crippen molar-refractivity contribution in [1.82, 2.24) is 0 Å². The van der Waals surface area contributed by atoms with Gasteiger partial charge in [0.1, 0.15) is 0 Å². The normalized spacial score (nSPS) is 9.31. The third kappa shape index (κ3) is 1.81. The van der Waals surface area contributed by atoms with Crippen LogP contribution in [0.1, 0.15) is 31.1 Å². The van der Waals surface area contributed by atoms with Gasteiger partial charge in [-0.05, 0) is 12.1 Å². The number of benzene rings is 1. The second-order valence-electron chi connectivity index (χ2n) is 2.35. The topological polar surface area (TPSA) is 51.2 Å². The molecule has 1 rings (SSSR count). The number of hydrogen-bond donors (Lipinski definition) is 0. The zero-order valence-electron chi connectivity index (χ0n) is 6.49. The fourth-order valence-corrected chi connectivity index (χ4v) is 1.23. The molecule has 13 heavy (non-hydrogen) atoms. The van der Waals surface area contributed by atoms with E-state index in [1.165, 1.54) is 12.1 Å². The van der Waals surface area contributed by atoms with Gasteiger partial charge in [-0.25, -0.2) is 0 Å². The third-order valence-electron chi connectivity index (χ3n) is 1.58. The number of rotatable bonds is 3. The highest BCUT2D eigenvalue weighted by Gasteiger charge is 2.08. The minimum absolute atomic E-state index is 0.0781. The minimum Gasteiger partial charge on any atom is -0.298 e. The standard InChI is InChI=1S/C9H5ClO3/c10-8-1-6(3-11)9(5-13)7(2-8)4-12/h1-5H. The van der Waals surface area contributed by atoms with Gasteiger partial charge in [0.05, 0.1) is 0 Å². The molecule has 1 aromatic carbocycles. The lowest BCUT2D eigenvalue weighted by Gasteiger charge is -2.00. The second-order valence-corrected chi connectivity index (χ2v) is 2.79. The Morgan fingerprint density at radius 2 is 1.38 bits per heavy atom. The summed E-state index contributed by atoms with van der Waals surface area (Å²) in [4.78, 5) is 31.5. The van der Waals surface area contributed by atoms with E-state index >= 15 is 0 Å². The summed E-state index contributed by atoms with van der Waals surface area (Å²) in [5.41, 5.74) is 0.337. The molecule has 0 saturated carbocycles. The molecule has 0 heterocycles. The zero-order valence-corrected chi connectivity index (χ0v) is 7.25. The molecule has 0 amide bonds. The smallest absolute Gasteiger partial charge is 0.151 e. The van der Waals surface area contributed by atoms with Crippen molar-refractivity contribution < 1.29 is 14.4 Å². The molecule has 0 aromatic heterocycles. The third-order valence-corrected chi connectivity index (χ3v) is 1.80. The van der Waals surface area contributed by atoms with Crippen LogP contribution >= 0.6 is 11.6 Å². The van der Waals surface area contributed by atoms with Crippen LogP contribution < -0.4 is 0 Å². The van der Waals surface area contributed by atoms with Crippen molar-refractivity contribution in [2.75, 3.05) is 0 Å². The number of carbonyl (C=O) groups excluding carboxylic acids is 3. The minimum atomic E-state index is 0.0781. The first-order chi connectivity index (χ1) is 6.22. The SMILES string of the molecule is O=Cc1cc(Cl)cc(C=O)c1C=O. The van der Waals surface area contributed by atoms with E-state index < -0.39 is 0 Å². The predicted octanol–water partition coefficient (Wildman–Crippen LogP) is 1.78. The summed E-state index contributed by atoms with van der Waals surface area (Å²) in [6.45, 7) is 0. The lowest BCUT2D eigenvalue weighted by molar-refractivity contribution is 0.108. The van der Waals surface area contributed by atoms with E-state index in [2.05, 4.69) is 0 Å². The second kappa shape index (κ2) is 3.96. The summed E-state index contributed by atoms with van der Waals surface area (Å²) in [6.07, 6.45) is 1.44. The summed E-state index contributed by atoms with van der Waals surface area (Å²) in [7, 11) is 0. The molecule has 0 fully saturated rings. The van der Waals surface area contributed by atoms with Crippen LogP contribution in [0.3, 0.4) is 0 Å². The number of carbonyl (C=O) groups is 3. The molecule has 1 aromatic rings. The van der Waals surface area contributed by atoms with E-state index in [4.69, 9.17) is 11.6 Å². The highest BCUT2D eigenvalue weighted by Crippen LogP contribution is 2.17. The van der Waals surface area contributed by atoms with Gasteiger partial charge in [0, 0.05) is 21.7 Å². The molecule has 0 saturated heterocycles. The van der Waals surface area contributed by atoms with Gasteiger partial charge in [-0.1, -0.05) is 11.6 Å². The molecule has 0 N–H and O–H groups in total. The Kier molecular flexibility index (Phi) is 2.93. The van der Waals surface area contributed by atoms with Crippen LogP contribution in [0, 0.1) is 0 Å². The highest BCUT2D eigenvalue weighted by molar-refractivity contribution is 6.31. The van der Waals surface area contributed by atoms with Crippen LogP contribution in [0.25, 0.3) is 0 Å². The first-order valence-corrected chi connectivity index (χ1v) is 3.79. The van der Waals surface area contributed by atoms with Gasteiger partial charge in [0.2, 0.25) is 0 Å². The van der Waals surface area contributed by atoms with Gasteiger partial charge in [0.15, 0.2) is 18.9 Å². The van der Waals surface area contributed by atoms with Crippen molar-refractivity contribution in [1.29, 1.82) is 0 Å². The molecule has 0 aliphatic rings. The Hall–Kier alpha value is -1.48. The van der Waals surface area contributed by atoms with E-state index in [1.54, 1.807) is 0 Å². The van der Waals surface area contributed by atoms with Gasteiger partial charge in [-0.3, -0.25) is 14.4 Å². The fraction of sp³-hybridized carbons (Fsp3) is 0. The molecule has 0 unspecified atom stereocenters. The Balaban J connectivity index is 3.50. The molecule has 0 aliphatic carbocycles. The largest absolute Gasteiger partial charge is 0.298 e. The quantitative estimate of drug-likeness (QED) is 0.693. The van der Waals surface area contributed by atoms with E-state index in [9.17, 15) is 14.4 Å². The van der Waals surface area contributed by atoms with Crippen LogP contribution in [0.5, 0.6) is 0 Å². The van der Waals surface area contributed by atoms with Crippen LogP contribution in [-0.2, 0) is 0 Å². The average Bonchev–Trinajstić information content (AvgIpc) is 2.16. The van der Waals surface area contributed by atoms with Gasteiger partial charge in [0.25, 0.3) is 0 Å². The molecule has 3 nitrogen and oxygen atoms in total. The number of hydrogen-bond acceptors (Lipinski definition) is 3. The van der Waals surface area contributed by atoms with Crippen LogP contribution in [-0.4, -0.2) is 18.9 Å². The first-order valence-electron chi connectivity index (χ1n) is 3.42. The van der Waals surface area contributed by atoms with Crippen molar-refractivity contribution in [2.45, 2.75) is 0 Å². The van der Waals surface area contributed by atoms with E-state index in [0.29, 0.717) is 18.9 Å². The maximum absolute atomic E-state index is 10.5. The van der Waals surface area contributed by atoms with Gasteiger partial charge >= 0.3 is 0 Å². The maximum Gasteiger partial charge on any atom is 0.151 e. The number of aldehydes is 3. The summed E-state index contributed by atoms with van der Waals surface area (Å²) in [5, 5.41) is 0.259. The molecule has 0 atom stereocenters. The molecule has 0 spiro atoms. The first kappa shape index (κ1) is 9.61. The molecular weight excluding hydrogens is 192 g/mol. The van der Waals surface area contributed by atoms with Gasteiger partial charge < -0.3 is 0 Å². The van der Waals surface area contributed by atoms with Crippen LogP contribution in [0.4, 0.5) is 0 Å².